The molecule has 0 atom stereocenters. The van der Waals surface area contributed by atoms with Crippen LogP contribution in [0.5, 0.6) is 0 Å². The summed E-state index contributed by atoms with van der Waals surface area (Å²) in [7, 11) is 0. The first-order chi connectivity index (χ1) is 9.58. The van der Waals surface area contributed by atoms with Crippen molar-refractivity contribution in [3.8, 4) is 0 Å². The maximum atomic E-state index is 12.7. The highest BCUT2D eigenvalue weighted by atomic mass is 79.9. The third-order valence-electron chi connectivity index (χ3n) is 3.19. The van der Waals surface area contributed by atoms with E-state index in [4.69, 9.17) is 0 Å². The second kappa shape index (κ2) is 5.42. The Balaban J connectivity index is 2.04. The van der Waals surface area contributed by atoms with Gasteiger partial charge in [0, 0.05) is 18.5 Å². The summed E-state index contributed by atoms with van der Waals surface area (Å²) >= 11 is 8.25. The molecule has 102 valence electrons. The highest BCUT2D eigenvalue weighted by Gasteiger charge is 2.29. The van der Waals surface area contributed by atoms with E-state index in [1.54, 1.807) is 17.0 Å². The van der Waals surface area contributed by atoms with Gasteiger partial charge in [-0.05, 0) is 50.1 Å². The number of hydrogen-bond acceptors (Lipinski definition) is 3. The molecule has 0 unspecified atom stereocenters. The van der Waals surface area contributed by atoms with Crippen LogP contribution in [0.15, 0.2) is 37.9 Å². The average molecular weight is 415 g/mol. The van der Waals surface area contributed by atoms with Crippen molar-refractivity contribution in [3.05, 3.63) is 49.0 Å². The second-order valence-electron chi connectivity index (χ2n) is 4.39. The Kier molecular flexibility index (Phi) is 3.79. The summed E-state index contributed by atoms with van der Waals surface area (Å²) in [4.78, 5) is 26.3. The van der Waals surface area contributed by atoms with Gasteiger partial charge in [0.15, 0.2) is 5.78 Å². The zero-order valence-corrected chi connectivity index (χ0v) is 14.2. The predicted octanol–water partition coefficient (Wildman–Crippen LogP) is 4.51. The van der Waals surface area contributed by atoms with Gasteiger partial charge in [-0.2, -0.15) is 0 Å². The zero-order valence-electron chi connectivity index (χ0n) is 10.2. The molecule has 0 aliphatic carbocycles. The fourth-order valence-corrected chi connectivity index (χ4v) is 5.03. The Morgan fingerprint density at radius 1 is 1.25 bits per heavy atom. The summed E-state index contributed by atoms with van der Waals surface area (Å²) in [5, 5.41) is 0. The number of fused-ring (bicyclic) bond motifs is 1. The molecule has 20 heavy (non-hydrogen) atoms. The molecule has 0 N–H and O–H groups in total. The molecule has 1 aliphatic heterocycles. The summed E-state index contributed by atoms with van der Waals surface area (Å²) < 4.78 is 1.69. The Morgan fingerprint density at radius 3 is 2.70 bits per heavy atom. The Hall–Kier alpha value is -0.980. The predicted molar refractivity (Wildman–Crippen MR) is 86.8 cm³/mol. The monoisotopic (exact) mass is 413 g/mol. The molecular weight excluding hydrogens is 406 g/mol. The van der Waals surface area contributed by atoms with E-state index >= 15 is 0 Å². The highest BCUT2D eigenvalue weighted by Crippen LogP contribution is 2.35. The van der Waals surface area contributed by atoms with Crippen LogP contribution in [-0.2, 0) is 0 Å². The van der Waals surface area contributed by atoms with Gasteiger partial charge in [-0.3, -0.25) is 9.59 Å². The molecule has 0 fully saturated rings. The van der Waals surface area contributed by atoms with E-state index < -0.39 is 0 Å². The zero-order chi connectivity index (χ0) is 14.3. The third-order valence-corrected chi connectivity index (χ3v) is 5.53. The van der Waals surface area contributed by atoms with E-state index in [0.29, 0.717) is 29.8 Å². The molecular formula is C14H9Br2NO2S. The molecule has 1 aliphatic rings. The molecule has 0 saturated carbocycles. The number of thiophene rings is 1. The van der Waals surface area contributed by atoms with Crippen molar-refractivity contribution >= 4 is 60.6 Å². The number of amides is 1. The largest absolute Gasteiger partial charge is 0.307 e. The van der Waals surface area contributed by atoms with E-state index in [1.165, 1.54) is 11.3 Å². The van der Waals surface area contributed by atoms with Crippen molar-refractivity contribution in [2.75, 3.05) is 11.4 Å². The fraction of sp³-hybridized carbons (Fsp3) is 0.143. The Labute approximate surface area is 136 Å². The van der Waals surface area contributed by atoms with E-state index in [1.807, 2.05) is 18.2 Å². The van der Waals surface area contributed by atoms with Crippen molar-refractivity contribution < 1.29 is 9.59 Å². The first-order valence-corrected chi connectivity index (χ1v) is 8.37. The molecule has 3 nitrogen and oxygen atoms in total. The lowest BCUT2D eigenvalue weighted by molar-refractivity contribution is 0.0955. The fourth-order valence-electron chi connectivity index (χ4n) is 2.26. The molecule has 2 heterocycles. The van der Waals surface area contributed by atoms with Gasteiger partial charge in [0.2, 0.25) is 0 Å². The Morgan fingerprint density at radius 2 is 2.00 bits per heavy atom. The first-order valence-electron chi connectivity index (χ1n) is 5.97. The maximum Gasteiger partial charge on any atom is 0.260 e. The molecule has 1 amide bonds. The van der Waals surface area contributed by atoms with Crippen molar-refractivity contribution in [1.29, 1.82) is 0 Å². The number of nitrogens with zero attached hydrogens (tertiary/aromatic N) is 1. The SMILES string of the molecule is O=C1CCN(C(=O)c2cc(Br)sc2Br)c2ccccc21. The number of carbonyl (C=O) groups is 2. The smallest absolute Gasteiger partial charge is 0.260 e. The standard InChI is InChI=1S/C14H9Br2NO2S/c15-12-7-9(13(16)20-12)14(19)17-6-5-11(18)8-3-1-2-4-10(8)17/h1-4,7H,5-6H2. The normalized spacial score (nSPS) is 14.3. The van der Waals surface area contributed by atoms with Gasteiger partial charge < -0.3 is 4.90 Å². The number of Topliss-reactive ketones (excluding diaryl/α,β-unsaturated/α-hetero) is 1. The molecule has 1 aromatic heterocycles. The van der Waals surface area contributed by atoms with Crippen molar-refractivity contribution in [2.24, 2.45) is 0 Å². The van der Waals surface area contributed by atoms with E-state index in [9.17, 15) is 9.59 Å². The minimum absolute atomic E-state index is 0.0845. The molecule has 2 aromatic rings. The van der Waals surface area contributed by atoms with E-state index in [-0.39, 0.29) is 11.7 Å². The number of anilines is 1. The van der Waals surface area contributed by atoms with E-state index in [2.05, 4.69) is 31.9 Å². The van der Waals surface area contributed by atoms with Gasteiger partial charge >= 0.3 is 0 Å². The lowest BCUT2D eigenvalue weighted by Crippen LogP contribution is -2.37. The van der Waals surface area contributed by atoms with Gasteiger partial charge in [-0.25, -0.2) is 0 Å². The average Bonchev–Trinajstić information content (AvgIpc) is 2.78. The number of carbonyl (C=O) groups excluding carboxylic acids is 2. The number of hydrogen-bond donors (Lipinski definition) is 0. The quantitative estimate of drug-likeness (QED) is 0.688. The molecule has 0 radical (unpaired) electrons. The number of benzene rings is 1. The topological polar surface area (TPSA) is 37.4 Å². The molecule has 0 bridgehead atoms. The van der Waals surface area contributed by atoms with Crippen molar-refractivity contribution in [1.82, 2.24) is 0 Å². The van der Waals surface area contributed by atoms with Gasteiger partial charge in [-0.1, -0.05) is 12.1 Å². The van der Waals surface area contributed by atoms with Crippen LogP contribution in [0.4, 0.5) is 5.69 Å². The molecule has 3 rings (SSSR count). The van der Waals surface area contributed by atoms with Gasteiger partial charge in [0.05, 0.1) is 18.8 Å². The first kappa shape index (κ1) is 14.0. The summed E-state index contributed by atoms with van der Waals surface area (Å²) in [6, 6.07) is 9.06. The molecule has 1 aromatic carbocycles. The van der Waals surface area contributed by atoms with Crippen LogP contribution < -0.4 is 4.90 Å². The lowest BCUT2D eigenvalue weighted by Gasteiger charge is -2.28. The maximum absolute atomic E-state index is 12.7. The lowest BCUT2D eigenvalue weighted by atomic mass is 10.00. The minimum atomic E-state index is -0.0845. The number of rotatable bonds is 1. The van der Waals surface area contributed by atoms with Crippen LogP contribution in [0.2, 0.25) is 0 Å². The molecule has 6 heteroatoms. The van der Waals surface area contributed by atoms with Crippen molar-refractivity contribution in [2.45, 2.75) is 6.42 Å². The summed E-state index contributed by atoms with van der Waals surface area (Å²) in [6.45, 7) is 0.425. The summed E-state index contributed by atoms with van der Waals surface area (Å²) in [6.07, 6.45) is 0.367. The molecule has 0 spiro atoms. The van der Waals surface area contributed by atoms with Gasteiger partial charge in [-0.15, -0.1) is 11.3 Å². The van der Waals surface area contributed by atoms with Crippen LogP contribution in [0, 0.1) is 0 Å². The number of para-hydroxylation sites is 1. The van der Waals surface area contributed by atoms with Gasteiger partial charge in [0.25, 0.3) is 5.91 Å². The van der Waals surface area contributed by atoms with E-state index in [0.717, 1.165) is 7.57 Å². The van der Waals surface area contributed by atoms with Crippen molar-refractivity contribution in [3.63, 3.8) is 0 Å². The van der Waals surface area contributed by atoms with Crippen LogP contribution in [0.25, 0.3) is 0 Å². The summed E-state index contributed by atoms with van der Waals surface area (Å²) in [5.74, 6) is 0.00832. The van der Waals surface area contributed by atoms with Crippen LogP contribution in [0.3, 0.4) is 0 Å². The molecule has 0 saturated heterocycles. The minimum Gasteiger partial charge on any atom is -0.307 e. The van der Waals surface area contributed by atoms with Crippen LogP contribution >= 0.6 is 43.2 Å². The second-order valence-corrected chi connectivity index (χ2v) is 8.13. The highest BCUT2D eigenvalue weighted by molar-refractivity contribution is 9.12. The number of halogens is 2. The van der Waals surface area contributed by atoms with Gasteiger partial charge in [0.1, 0.15) is 0 Å². The third kappa shape index (κ3) is 2.36. The van der Waals surface area contributed by atoms with Crippen LogP contribution in [-0.4, -0.2) is 18.2 Å². The van der Waals surface area contributed by atoms with Crippen LogP contribution in [0.1, 0.15) is 27.1 Å². The number of ketones is 1. The summed E-state index contributed by atoms with van der Waals surface area (Å²) in [5.41, 5.74) is 1.94. The Bertz CT molecular complexity index is 711.